The Morgan fingerprint density at radius 1 is 1.10 bits per heavy atom. The third-order valence-corrected chi connectivity index (χ3v) is 1.49. The van der Waals surface area contributed by atoms with Gasteiger partial charge < -0.3 is 5.73 Å². The van der Waals surface area contributed by atoms with Gasteiger partial charge in [-0.05, 0) is 12.0 Å². The van der Waals surface area contributed by atoms with Crippen molar-refractivity contribution in [1.82, 2.24) is 0 Å². The summed E-state index contributed by atoms with van der Waals surface area (Å²) in [7, 11) is 0. The fourth-order valence-electron chi connectivity index (χ4n) is 0.937. The zero-order chi connectivity index (χ0) is 7.23. The van der Waals surface area contributed by atoms with Crippen molar-refractivity contribution < 1.29 is 0 Å². The molecule has 0 aliphatic heterocycles. The van der Waals surface area contributed by atoms with E-state index in [1.54, 1.807) is 0 Å². The first-order valence-corrected chi connectivity index (χ1v) is 3.62. The van der Waals surface area contributed by atoms with Gasteiger partial charge in [-0.3, -0.25) is 0 Å². The number of hydrogen-bond donors (Lipinski definition) is 0. The van der Waals surface area contributed by atoms with Gasteiger partial charge in [-0.1, -0.05) is 36.8 Å². The smallest absolute Gasteiger partial charge is 0.0295 e. The molecule has 0 saturated heterocycles. The monoisotopic (exact) mass is 134 g/mol. The van der Waals surface area contributed by atoms with E-state index >= 15 is 0 Å². The van der Waals surface area contributed by atoms with E-state index in [9.17, 15) is 0 Å². The van der Waals surface area contributed by atoms with E-state index in [4.69, 9.17) is 5.73 Å². The average molecular weight is 134 g/mol. The number of aryl methyl sites for hydroxylation is 1. The van der Waals surface area contributed by atoms with Gasteiger partial charge in [0.05, 0.1) is 0 Å². The minimum Gasteiger partial charge on any atom is -0.677 e. The molecule has 0 amide bonds. The van der Waals surface area contributed by atoms with Gasteiger partial charge in [0, 0.05) is 0 Å². The number of benzene rings is 1. The molecule has 1 heteroatoms. The first-order chi connectivity index (χ1) is 4.93. The van der Waals surface area contributed by atoms with E-state index in [-0.39, 0.29) is 0 Å². The Hall–Kier alpha value is -0.820. The molecule has 1 nitrogen and oxygen atoms in total. The van der Waals surface area contributed by atoms with Gasteiger partial charge in [0.15, 0.2) is 0 Å². The lowest BCUT2D eigenvalue weighted by molar-refractivity contribution is 0.896. The Balaban J connectivity index is 2.43. The van der Waals surface area contributed by atoms with Crippen LogP contribution in [-0.2, 0) is 6.42 Å². The van der Waals surface area contributed by atoms with E-state index < -0.39 is 0 Å². The van der Waals surface area contributed by atoms with Gasteiger partial charge in [0.2, 0.25) is 0 Å². The van der Waals surface area contributed by atoms with Crippen molar-refractivity contribution in [2.24, 2.45) is 0 Å². The average Bonchev–Trinajstić information content (AvgIpc) is 2.03. The van der Waals surface area contributed by atoms with E-state index in [2.05, 4.69) is 12.1 Å². The quantitative estimate of drug-likeness (QED) is 0.607. The highest BCUT2D eigenvalue weighted by molar-refractivity contribution is 5.14. The summed E-state index contributed by atoms with van der Waals surface area (Å²) in [5.41, 5.74) is 8.29. The first kappa shape index (κ1) is 7.29. The molecule has 0 aliphatic rings. The summed E-state index contributed by atoms with van der Waals surface area (Å²) in [5.74, 6) is 0. The highest BCUT2D eigenvalue weighted by Gasteiger charge is 1.85. The third-order valence-electron chi connectivity index (χ3n) is 1.49. The van der Waals surface area contributed by atoms with Crippen LogP contribution in [0.2, 0.25) is 0 Å². The summed E-state index contributed by atoms with van der Waals surface area (Å²) < 4.78 is 0. The van der Waals surface area contributed by atoms with Crippen molar-refractivity contribution in [2.75, 3.05) is 6.54 Å². The van der Waals surface area contributed by atoms with Crippen molar-refractivity contribution in [2.45, 2.75) is 12.8 Å². The third kappa shape index (κ3) is 2.19. The second-order valence-electron chi connectivity index (χ2n) is 2.34. The van der Waals surface area contributed by atoms with Gasteiger partial charge in [-0.15, -0.1) is 0 Å². The predicted octanol–water partition coefficient (Wildman–Crippen LogP) is 2.67. The summed E-state index contributed by atoms with van der Waals surface area (Å²) in [5, 5.41) is 0. The second-order valence-corrected chi connectivity index (χ2v) is 2.34. The molecule has 0 saturated carbocycles. The Kier molecular flexibility index (Phi) is 2.97. The summed E-state index contributed by atoms with van der Waals surface area (Å²) in [6, 6.07) is 10.3. The fraction of sp³-hybridized carbons (Fsp3) is 0.333. The highest BCUT2D eigenvalue weighted by atomic mass is 14.5. The van der Waals surface area contributed by atoms with Crippen molar-refractivity contribution in [3.63, 3.8) is 0 Å². The van der Waals surface area contributed by atoms with Crippen LogP contribution in [0.5, 0.6) is 0 Å². The van der Waals surface area contributed by atoms with Crippen LogP contribution < -0.4 is 0 Å². The minimum atomic E-state index is 0.537. The van der Waals surface area contributed by atoms with Gasteiger partial charge >= 0.3 is 0 Å². The molecule has 0 heterocycles. The Labute approximate surface area is 61.9 Å². The zero-order valence-corrected chi connectivity index (χ0v) is 6.01. The summed E-state index contributed by atoms with van der Waals surface area (Å²) >= 11 is 0. The maximum Gasteiger partial charge on any atom is -0.0295 e. The lowest BCUT2D eigenvalue weighted by atomic mass is 10.1. The van der Waals surface area contributed by atoms with Gasteiger partial charge in [0.25, 0.3) is 0 Å². The lowest BCUT2D eigenvalue weighted by Gasteiger charge is -2.00. The first-order valence-electron chi connectivity index (χ1n) is 3.62. The lowest BCUT2D eigenvalue weighted by Crippen LogP contribution is -1.84. The molecule has 1 aromatic carbocycles. The fourth-order valence-corrected chi connectivity index (χ4v) is 0.937. The van der Waals surface area contributed by atoms with Gasteiger partial charge in [0.1, 0.15) is 0 Å². The SMILES string of the molecule is [NH-]CCCc1ccccc1. The van der Waals surface area contributed by atoms with Gasteiger partial charge in [-0.2, -0.15) is 6.54 Å². The number of hydrogen-bond acceptors (Lipinski definition) is 0. The molecule has 0 bridgehead atoms. The van der Waals surface area contributed by atoms with E-state index in [1.165, 1.54) is 5.56 Å². The molecule has 0 aromatic heterocycles. The molecule has 0 aliphatic carbocycles. The normalized spacial score (nSPS) is 9.70. The van der Waals surface area contributed by atoms with Crippen LogP contribution in [0.15, 0.2) is 30.3 Å². The molecule has 1 N–H and O–H groups in total. The topological polar surface area (TPSA) is 23.8 Å². The standard InChI is InChI=1S/C9H12N/c10-8-4-7-9-5-2-1-3-6-9/h1-3,5-6,10H,4,7-8H2/q-1. The summed E-state index contributed by atoms with van der Waals surface area (Å²) in [6.45, 7) is 0.537. The van der Waals surface area contributed by atoms with Gasteiger partial charge in [-0.25, -0.2) is 0 Å². The summed E-state index contributed by atoms with van der Waals surface area (Å²) in [4.78, 5) is 0. The molecular formula is C9H12N-. The van der Waals surface area contributed by atoms with Crippen LogP contribution in [-0.4, -0.2) is 6.54 Å². The molecule has 1 rings (SSSR count). The van der Waals surface area contributed by atoms with Crippen LogP contribution in [0.4, 0.5) is 0 Å². The van der Waals surface area contributed by atoms with Crippen molar-refractivity contribution in [3.05, 3.63) is 41.6 Å². The van der Waals surface area contributed by atoms with Crippen LogP contribution in [0.25, 0.3) is 5.73 Å². The van der Waals surface area contributed by atoms with Crippen LogP contribution in [0.1, 0.15) is 12.0 Å². The van der Waals surface area contributed by atoms with E-state index in [0.717, 1.165) is 12.8 Å². The molecule has 0 radical (unpaired) electrons. The Morgan fingerprint density at radius 2 is 1.80 bits per heavy atom. The maximum atomic E-state index is 6.95. The molecule has 10 heavy (non-hydrogen) atoms. The summed E-state index contributed by atoms with van der Waals surface area (Å²) in [6.07, 6.45) is 2.02. The van der Waals surface area contributed by atoms with E-state index in [0.29, 0.717) is 6.54 Å². The Bertz CT molecular complexity index is 169. The minimum absolute atomic E-state index is 0.537. The van der Waals surface area contributed by atoms with Crippen LogP contribution in [0, 0.1) is 0 Å². The van der Waals surface area contributed by atoms with Crippen LogP contribution >= 0.6 is 0 Å². The number of nitrogens with one attached hydrogen (secondary N) is 1. The Morgan fingerprint density at radius 3 is 2.40 bits per heavy atom. The van der Waals surface area contributed by atoms with Crippen molar-refractivity contribution in [3.8, 4) is 0 Å². The molecule has 0 spiro atoms. The molecule has 0 fully saturated rings. The van der Waals surface area contributed by atoms with Crippen LogP contribution in [0.3, 0.4) is 0 Å². The highest BCUT2D eigenvalue weighted by Crippen LogP contribution is 2.01. The molecule has 0 unspecified atom stereocenters. The second kappa shape index (κ2) is 4.07. The molecule has 0 atom stereocenters. The molecule has 54 valence electrons. The van der Waals surface area contributed by atoms with Crippen molar-refractivity contribution >= 4 is 0 Å². The largest absolute Gasteiger partial charge is 0.677 e. The zero-order valence-electron chi connectivity index (χ0n) is 6.01. The van der Waals surface area contributed by atoms with Crippen molar-refractivity contribution in [1.29, 1.82) is 0 Å². The maximum absolute atomic E-state index is 6.95. The molecular weight excluding hydrogens is 122 g/mol. The van der Waals surface area contributed by atoms with E-state index in [1.807, 2.05) is 18.2 Å². The number of rotatable bonds is 3. The molecule has 1 aromatic rings. The predicted molar refractivity (Wildman–Crippen MR) is 44.0 cm³/mol.